The van der Waals surface area contributed by atoms with Crippen LogP contribution in [0.3, 0.4) is 0 Å². The summed E-state index contributed by atoms with van der Waals surface area (Å²) in [5.74, 6) is -1.88. The van der Waals surface area contributed by atoms with E-state index in [1.54, 1.807) is 6.92 Å². The fourth-order valence-electron chi connectivity index (χ4n) is 0.965. The van der Waals surface area contributed by atoms with E-state index in [1.165, 1.54) is 0 Å². The lowest BCUT2D eigenvalue weighted by molar-refractivity contribution is 0.272. The van der Waals surface area contributed by atoms with Crippen LogP contribution in [0, 0.1) is 11.6 Å². The van der Waals surface area contributed by atoms with Crippen molar-refractivity contribution in [3.63, 3.8) is 0 Å². The molecule has 0 aliphatic carbocycles. The molecular weight excluding hydrogens is 198 g/mol. The van der Waals surface area contributed by atoms with Crippen LogP contribution in [-0.2, 0) is 0 Å². The number of rotatable bonds is 2. The molecule has 0 aromatic heterocycles. The molecule has 13 heavy (non-hydrogen) atoms. The van der Waals surface area contributed by atoms with E-state index in [4.69, 9.17) is 16.7 Å². The topological polar surface area (TPSA) is 20.2 Å². The first-order valence-electron chi connectivity index (χ1n) is 3.81. The third kappa shape index (κ3) is 2.17. The number of aliphatic hydroxyl groups is 1. The van der Waals surface area contributed by atoms with Crippen molar-refractivity contribution in [3.8, 4) is 0 Å². The predicted octanol–water partition coefficient (Wildman–Crippen LogP) is 2.71. The highest BCUT2D eigenvalue weighted by atomic mass is 35.5. The van der Waals surface area contributed by atoms with Gasteiger partial charge in [0.25, 0.3) is 0 Å². The van der Waals surface area contributed by atoms with Gasteiger partial charge in [0.05, 0.1) is 0 Å². The number of halogens is 3. The summed E-state index contributed by atoms with van der Waals surface area (Å²) < 4.78 is 25.8. The zero-order valence-corrected chi connectivity index (χ0v) is 7.78. The van der Waals surface area contributed by atoms with E-state index < -0.39 is 16.7 Å². The Morgan fingerprint density at radius 3 is 2.23 bits per heavy atom. The number of aliphatic hydroxyl groups excluding tert-OH is 1. The summed E-state index contributed by atoms with van der Waals surface area (Å²) in [6.45, 7) is 1.52. The van der Waals surface area contributed by atoms with Crippen LogP contribution in [-0.4, -0.2) is 11.7 Å². The maximum atomic E-state index is 12.9. The van der Waals surface area contributed by atoms with Crippen LogP contribution in [0.2, 0.25) is 5.02 Å². The molecule has 0 bridgehead atoms. The van der Waals surface area contributed by atoms with Crippen LogP contribution in [0.4, 0.5) is 8.78 Å². The third-order valence-corrected chi connectivity index (χ3v) is 2.21. The predicted molar refractivity (Wildman–Crippen MR) is 46.9 cm³/mol. The maximum absolute atomic E-state index is 12.9. The van der Waals surface area contributed by atoms with Crippen molar-refractivity contribution in [1.29, 1.82) is 0 Å². The van der Waals surface area contributed by atoms with Gasteiger partial charge in [-0.2, -0.15) is 0 Å². The van der Waals surface area contributed by atoms with Gasteiger partial charge in [-0.1, -0.05) is 18.5 Å². The Balaban J connectivity index is 3.13. The molecule has 0 amide bonds. The molecule has 0 saturated heterocycles. The van der Waals surface area contributed by atoms with E-state index in [2.05, 4.69) is 0 Å². The maximum Gasteiger partial charge on any atom is 0.145 e. The fourth-order valence-corrected chi connectivity index (χ4v) is 1.07. The van der Waals surface area contributed by atoms with Crippen LogP contribution in [0.1, 0.15) is 18.4 Å². The SMILES string of the molecule is CC(CO)c1cc(F)c(Cl)c(F)c1. The summed E-state index contributed by atoms with van der Waals surface area (Å²) in [6.07, 6.45) is 0. The summed E-state index contributed by atoms with van der Waals surface area (Å²) in [7, 11) is 0. The highest BCUT2D eigenvalue weighted by Gasteiger charge is 2.12. The van der Waals surface area contributed by atoms with Gasteiger partial charge in [0.2, 0.25) is 0 Å². The molecular formula is C9H9ClF2O. The molecule has 1 atom stereocenters. The van der Waals surface area contributed by atoms with Gasteiger partial charge in [-0.25, -0.2) is 8.78 Å². The minimum Gasteiger partial charge on any atom is -0.396 e. The van der Waals surface area contributed by atoms with Crippen molar-refractivity contribution in [3.05, 3.63) is 34.4 Å². The molecule has 0 saturated carbocycles. The van der Waals surface area contributed by atoms with Gasteiger partial charge in [0.15, 0.2) is 0 Å². The molecule has 0 fully saturated rings. The number of benzene rings is 1. The summed E-state index contributed by atoms with van der Waals surface area (Å²) in [4.78, 5) is 0. The first kappa shape index (κ1) is 10.4. The summed E-state index contributed by atoms with van der Waals surface area (Å²) >= 11 is 5.29. The van der Waals surface area contributed by atoms with Crippen LogP contribution >= 0.6 is 11.6 Å². The van der Waals surface area contributed by atoms with Crippen molar-refractivity contribution in [2.75, 3.05) is 6.61 Å². The van der Waals surface area contributed by atoms with E-state index in [9.17, 15) is 8.78 Å². The van der Waals surface area contributed by atoms with Crippen molar-refractivity contribution >= 4 is 11.6 Å². The van der Waals surface area contributed by atoms with Gasteiger partial charge in [0.1, 0.15) is 16.7 Å². The van der Waals surface area contributed by atoms with Gasteiger partial charge in [-0.3, -0.25) is 0 Å². The fraction of sp³-hybridized carbons (Fsp3) is 0.333. The van der Waals surface area contributed by atoms with Crippen LogP contribution in [0.15, 0.2) is 12.1 Å². The molecule has 1 aromatic rings. The largest absolute Gasteiger partial charge is 0.396 e. The Labute approximate surface area is 80.0 Å². The van der Waals surface area contributed by atoms with Crippen LogP contribution < -0.4 is 0 Å². The second-order valence-electron chi connectivity index (χ2n) is 2.88. The van der Waals surface area contributed by atoms with E-state index in [0.717, 1.165) is 12.1 Å². The molecule has 1 nitrogen and oxygen atoms in total. The normalized spacial score (nSPS) is 13.0. The van der Waals surface area contributed by atoms with Crippen molar-refractivity contribution in [1.82, 2.24) is 0 Å². The van der Waals surface area contributed by atoms with Gasteiger partial charge in [-0.05, 0) is 17.7 Å². The van der Waals surface area contributed by atoms with E-state index in [-0.39, 0.29) is 12.5 Å². The Morgan fingerprint density at radius 1 is 1.38 bits per heavy atom. The number of hydrogen-bond acceptors (Lipinski definition) is 1. The van der Waals surface area contributed by atoms with Crippen LogP contribution in [0.5, 0.6) is 0 Å². The van der Waals surface area contributed by atoms with Crippen LogP contribution in [0.25, 0.3) is 0 Å². The van der Waals surface area contributed by atoms with E-state index >= 15 is 0 Å². The van der Waals surface area contributed by atoms with Gasteiger partial charge < -0.3 is 5.11 Å². The molecule has 1 rings (SSSR count). The third-order valence-electron chi connectivity index (χ3n) is 1.85. The first-order valence-corrected chi connectivity index (χ1v) is 4.19. The molecule has 0 spiro atoms. The Morgan fingerprint density at radius 2 is 1.85 bits per heavy atom. The Bertz CT molecular complexity index is 291. The monoisotopic (exact) mass is 206 g/mol. The van der Waals surface area contributed by atoms with Crippen molar-refractivity contribution in [2.24, 2.45) is 0 Å². The summed E-state index contributed by atoms with van der Waals surface area (Å²) in [5, 5.41) is 8.26. The first-order chi connectivity index (χ1) is 6.06. The van der Waals surface area contributed by atoms with E-state index in [1.807, 2.05) is 0 Å². The summed E-state index contributed by atoms with van der Waals surface area (Å²) in [5.41, 5.74) is 0.405. The number of hydrogen-bond donors (Lipinski definition) is 1. The quantitative estimate of drug-likeness (QED) is 0.738. The second-order valence-corrected chi connectivity index (χ2v) is 3.26. The highest BCUT2D eigenvalue weighted by molar-refractivity contribution is 6.30. The average molecular weight is 207 g/mol. The zero-order chi connectivity index (χ0) is 10.0. The molecule has 0 radical (unpaired) electrons. The molecule has 1 N–H and O–H groups in total. The Kier molecular flexibility index (Phi) is 3.22. The van der Waals surface area contributed by atoms with Crippen molar-refractivity contribution < 1.29 is 13.9 Å². The lowest BCUT2D eigenvalue weighted by atomic mass is 10.0. The molecule has 72 valence electrons. The molecule has 1 unspecified atom stereocenters. The smallest absolute Gasteiger partial charge is 0.145 e. The molecule has 1 aromatic carbocycles. The minimum atomic E-state index is -0.794. The highest BCUT2D eigenvalue weighted by Crippen LogP contribution is 2.24. The Hall–Kier alpha value is -0.670. The lowest BCUT2D eigenvalue weighted by Gasteiger charge is -2.09. The van der Waals surface area contributed by atoms with Gasteiger partial charge in [-0.15, -0.1) is 0 Å². The van der Waals surface area contributed by atoms with Gasteiger partial charge >= 0.3 is 0 Å². The van der Waals surface area contributed by atoms with Crippen molar-refractivity contribution in [2.45, 2.75) is 12.8 Å². The molecule has 0 heterocycles. The van der Waals surface area contributed by atoms with E-state index in [0.29, 0.717) is 5.56 Å². The minimum absolute atomic E-state index is 0.152. The lowest BCUT2D eigenvalue weighted by Crippen LogP contribution is -2.00. The molecule has 4 heteroatoms. The zero-order valence-electron chi connectivity index (χ0n) is 7.02. The van der Waals surface area contributed by atoms with Gasteiger partial charge in [0, 0.05) is 12.5 Å². The summed E-state index contributed by atoms with van der Waals surface area (Å²) in [6, 6.07) is 2.26. The molecule has 0 aliphatic heterocycles. The molecule has 0 aliphatic rings. The standard InChI is InChI=1S/C9H9ClF2O/c1-5(4-13)6-2-7(11)9(10)8(12)3-6/h2-3,5,13H,4H2,1H3. The average Bonchev–Trinajstić information content (AvgIpc) is 2.12. The second kappa shape index (κ2) is 4.03.